The number of hydrogen-bond donors (Lipinski definition) is 2. The van der Waals surface area contributed by atoms with Crippen molar-refractivity contribution in [2.45, 2.75) is 4.90 Å². The fraction of sp³-hybridized carbons (Fsp3) is 0. The van der Waals surface area contributed by atoms with Crippen LogP contribution in [0.5, 0.6) is 0 Å². The molecule has 126 valence electrons. The molecule has 0 radical (unpaired) electrons. The first-order valence-electron chi connectivity index (χ1n) is 7.38. The van der Waals surface area contributed by atoms with Crippen LogP contribution in [0.3, 0.4) is 0 Å². The maximum atomic E-state index is 12.0. The third-order valence-electron chi connectivity index (χ3n) is 3.60. The molecule has 0 spiro atoms. The molecule has 0 heterocycles. The highest BCUT2D eigenvalue weighted by Crippen LogP contribution is 2.14. The summed E-state index contributed by atoms with van der Waals surface area (Å²) in [5.74, 6) is -0.446. The first kappa shape index (κ1) is 16.8. The number of carbonyl (C=O) groups excluding carboxylic acids is 1. The zero-order chi connectivity index (χ0) is 17.9. The van der Waals surface area contributed by atoms with Crippen LogP contribution in [-0.4, -0.2) is 20.5 Å². The number of benzene rings is 3. The quantitative estimate of drug-likeness (QED) is 0.555. The van der Waals surface area contributed by atoms with Gasteiger partial charge in [0.2, 0.25) is 10.0 Å². The maximum Gasteiger partial charge on any atom is 0.271 e. The molecular formula is C18H15N3O3S. The Balaban J connectivity index is 1.69. The lowest BCUT2D eigenvalue weighted by Gasteiger charge is -2.02. The Labute approximate surface area is 145 Å². The van der Waals surface area contributed by atoms with Gasteiger partial charge in [0.15, 0.2) is 0 Å². The summed E-state index contributed by atoms with van der Waals surface area (Å²) in [5, 5.41) is 11.1. The van der Waals surface area contributed by atoms with Gasteiger partial charge in [-0.3, -0.25) is 4.79 Å². The smallest absolute Gasteiger partial charge is 0.267 e. The van der Waals surface area contributed by atoms with Crippen molar-refractivity contribution in [2.75, 3.05) is 0 Å². The Kier molecular flexibility index (Phi) is 4.60. The van der Waals surface area contributed by atoms with E-state index in [1.807, 2.05) is 42.5 Å². The van der Waals surface area contributed by atoms with Gasteiger partial charge in [-0.25, -0.2) is 19.0 Å². The van der Waals surface area contributed by atoms with Crippen LogP contribution >= 0.6 is 0 Å². The largest absolute Gasteiger partial charge is 0.271 e. The second-order valence-corrected chi connectivity index (χ2v) is 6.94. The van der Waals surface area contributed by atoms with Crippen LogP contribution in [0.1, 0.15) is 15.9 Å². The molecule has 0 aromatic heterocycles. The number of primary sulfonamides is 1. The van der Waals surface area contributed by atoms with Crippen LogP contribution in [0, 0.1) is 0 Å². The first-order chi connectivity index (χ1) is 11.9. The summed E-state index contributed by atoms with van der Waals surface area (Å²) >= 11 is 0. The highest BCUT2D eigenvalue weighted by molar-refractivity contribution is 7.89. The maximum absolute atomic E-state index is 12.0. The van der Waals surface area contributed by atoms with E-state index in [0.717, 1.165) is 16.3 Å². The van der Waals surface area contributed by atoms with Gasteiger partial charge >= 0.3 is 0 Å². The summed E-state index contributed by atoms with van der Waals surface area (Å²) in [6.07, 6.45) is 1.54. The number of fused-ring (bicyclic) bond motifs is 1. The Hall–Kier alpha value is -3.03. The van der Waals surface area contributed by atoms with Gasteiger partial charge in [0.1, 0.15) is 0 Å². The van der Waals surface area contributed by atoms with E-state index in [1.165, 1.54) is 24.3 Å². The molecule has 6 nitrogen and oxygen atoms in total. The summed E-state index contributed by atoms with van der Waals surface area (Å²) in [5.41, 5.74) is 3.53. The van der Waals surface area contributed by atoms with Crippen molar-refractivity contribution in [3.63, 3.8) is 0 Å². The molecule has 0 saturated heterocycles. The van der Waals surface area contributed by atoms with Crippen LogP contribution in [0.15, 0.2) is 76.7 Å². The number of nitrogens with one attached hydrogen (secondary N) is 1. The van der Waals surface area contributed by atoms with E-state index in [4.69, 9.17) is 5.14 Å². The molecule has 0 unspecified atom stereocenters. The zero-order valence-corrected chi connectivity index (χ0v) is 13.9. The molecule has 0 aliphatic rings. The molecule has 7 heteroatoms. The number of amides is 1. The second-order valence-electron chi connectivity index (χ2n) is 5.38. The number of rotatable bonds is 4. The molecule has 0 bridgehead atoms. The number of nitrogens with zero attached hydrogens (tertiary/aromatic N) is 1. The van der Waals surface area contributed by atoms with Gasteiger partial charge in [0.25, 0.3) is 5.91 Å². The zero-order valence-electron chi connectivity index (χ0n) is 13.1. The SMILES string of the molecule is NS(=O)(=O)c1ccc(C(=O)NN=Cc2ccc3ccccc3c2)cc1. The minimum Gasteiger partial charge on any atom is -0.267 e. The van der Waals surface area contributed by atoms with Gasteiger partial charge in [-0.05, 0) is 46.7 Å². The average molecular weight is 353 g/mol. The minimum atomic E-state index is -3.78. The monoisotopic (exact) mass is 353 g/mol. The van der Waals surface area contributed by atoms with Gasteiger partial charge in [0.05, 0.1) is 11.1 Å². The predicted octanol–water partition coefficient (Wildman–Crippen LogP) is 2.25. The van der Waals surface area contributed by atoms with E-state index < -0.39 is 15.9 Å². The molecule has 3 aromatic carbocycles. The minimum absolute atomic E-state index is 0.0521. The van der Waals surface area contributed by atoms with E-state index in [2.05, 4.69) is 10.5 Å². The lowest BCUT2D eigenvalue weighted by Crippen LogP contribution is -2.18. The summed E-state index contributed by atoms with van der Waals surface area (Å²) in [6.45, 7) is 0. The van der Waals surface area contributed by atoms with Crippen LogP contribution in [0.2, 0.25) is 0 Å². The van der Waals surface area contributed by atoms with Crippen LogP contribution in [-0.2, 0) is 10.0 Å². The van der Waals surface area contributed by atoms with Crippen LogP contribution < -0.4 is 10.6 Å². The molecule has 0 aliphatic heterocycles. The Morgan fingerprint density at radius 3 is 2.32 bits per heavy atom. The van der Waals surface area contributed by atoms with Gasteiger partial charge in [0, 0.05) is 5.56 Å². The second kappa shape index (κ2) is 6.84. The molecule has 0 aliphatic carbocycles. The molecule has 0 saturated carbocycles. The van der Waals surface area contributed by atoms with Crippen LogP contribution in [0.4, 0.5) is 0 Å². The lowest BCUT2D eigenvalue weighted by atomic mass is 10.1. The summed E-state index contributed by atoms with van der Waals surface area (Å²) < 4.78 is 22.4. The summed E-state index contributed by atoms with van der Waals surface area (Å²) in [7, 11) is -3.78. The van der Waals surface area contributed by atoms with E-state index in [9.17, 15) is 13.2 Å². The Bertz CT molecular complexity index is 1060. The van der Waals surface area contributed by atoms with Gasteiger partial charge in [-0.1, -0.05) is 36.4 Å². The lowest BCUT2D eigenvalue weighted by molar-refractivity contribution is 0.0955. The number of nitrogens with two attached hydrogens (primary N) is 1. The number of hydrazone groups is 1. The van der Waals surface area contributed by atoms with Crippen molar-refractivity contribution in [1.29, 1.82) is 0 Å². The van der Waals surface area contributed by atoms with Gasteiger partial charge in [-0.2, -0.15) is 5.10 Å². The third kappa shape index (κ3) is 4.09. The van der Waals surface area contributed by atoms with Crippen molar-refractivity contribution in [3.05, 3.63) is 77.9 Å². The molecular weight excluding hydrogens is 338 g/mol. The van der Waals surface area contributed by atoms with E-state index in [1.54, 1.807) is 6.21 Å². The summed E-state index contributed by atoms with van der Waals surface area (Å²) in [4.78, 5) is 12.0. The molecule has 0 fully saturated rings. The summed E-state index contributed by atoms with van der Waals surface area (Å²) in [6, 6.07) is 19.1. The fourth-order valence-electron chi connectivity index (χ4n) is 2.31. The first-order valence-corrected chi connectivity index (χ1v) is 8.93. The topological polar surface area (TPSA) is 102 Å². The standard InChI is InChI=1S/C18H15N3O3S/c19-25(23,24)17-9-7-15(8-10-17)18(22)21-20-12-13-5-6-14-3-1-2-4-16(14)11-13/h1-12H,(H,21,22)(H2,19,23,24). The Morgan fingerprint density at radius 1 is 0.960 bits per heavy atom. The predicted molar refractivity (Wildman–Crippen MR) is 96.8 cm³/mol. The van der Waals surface area contributed by atoms with Crippen molar-refractivity contribution in [3.8, 4) is 0 Å². The van der Waals surface area contributed by atoms with Gasteiger partial charge < -0.3 is 0 Å². The van der Waals surface area contributed by atoms with Crippen LogP contribution in [0.25, 0.3) is 10.8 Å². The van der Waals surface area contributed by atoms with E-state index >= 15 is 0 Å². The number of sulfonamides is 1. The molecule has 3 aromatic rings. The van der Waals surface area contributed by atoms with Crippen molar-refractivity contribution in [1.82, 2.24) is 5.43 Å². The molecule has 3 N–H and O–H groups in total. The highest BCUT2D eigenvalue weighted by atomic mass is 32.2. The highest BCUT2D eigenvalue weighted by Gasteiger charge is 2.09. The van der Waals surface area contributed by atoms with E-state index in [-0.39, 0.29) is 10.5 Å². The fourth-order valence-corrected chi connectivity index (χ4v) is 2.83. The normalized spacial score (nSPS) is 11.7. The van der Waals surface area contributed by atoms with E-state index in [0.29, 0.717) is 0 Å². The molecule has 3 rings (SSSR count). The average Bonchev–Trinajstić information content (AvgIpc) is 2.61. The van der Waals surface area contributed by atoms with Crippen molar-refractivity contribution in [2.24, 2.45) is 10.2 Å². The third-order valence-corrected chi connectivity index (χ3v) is 4.53. The molecule has 1 amide bonds. The number of carbonyl (C=O) groups is 1. The Morgan fingerprint density at radius 2 is 1.64 bits per heavy atom. The van der Waals surface area contributed by atoms with Gasteiger partial charge in [-0.15, -0.1) is 0 Å². The van der Waals surface area contributed by atoms with Crippen molar-refractivity contribution < 1.29 is 13.2 Å². The molecule has 25 heavy (non-hydrogen) atoms. The molecule has 0 atom stereocenters. The number of hydrogen-bond acceptors (Lipinski definition) is 4. The van der Waals surface area contributed by atoms with Crippen molar-refractivity contribution >= 4 is 32.9 Å².